The van der Waals surface area contributed by atoms with Crippen molar-refractivity contribution >= 4 is 57.7 Å². The van der Waals surface area contributed by atoms with Gasteiger partial charge in [0.05, 0.1) is 27.0 Å². The highest BCUT2D eigenvalue weighted by Crippen LogP contribution is 2.25. The Morgan fingerprint density at radius 2 is 2.00 bits per heavy atom. The van der Waals surface area contributed by atoms with Crippen LogP contribution in [0, 0.1) is 0 Å². The molecular formula is C14H14Cl3N2OS+. The van der Waals surface area contributed by atoms with E-state index in [0.29, 0.717) is 22.3 Å². The van der Waals surface area contributed by atoms with Crippen LogP contribution in [-0.2, 0) is 11.3 Å². The maximum Gasteiger partial charge on any atom is 0.279 e. The molecule has 0 aliphatic rings. The summed E-state index contributed by atoms with van der Waals surface area (Å²) in [5.74, 6) is -0.112. The molecule has 1 aromatic carbocycles. The van der Waals surface area contributed by atoms with E-state index in [-0.39, 0.29) is 5.91 Å². The van der Waals surface area contributed by atoms with E-state index in [1.54, 1.807) is 18.2 Å². The smallest absolute Gasteiger partial charge is 0.279 e. The molecule has 0 bridgehead atoms. The molecule has 1 heterocycles. The van der Waals surface area contributed by atoms with Crippen LogP contribution in [-0.4, -0.2) is 19.5 Å². The van der Waals surface area contributed by atoms with Crippen molar-refractivity contribution in [3.05, 3.63) is 49.6 Å². The number of benzene rings is 1. The topological polar surface area (TPSA) is 33.5 Å². The molecule has 2 N–H and O–H groups in total. The average molecular weight is 365 g/mol. The van der Waals surface area contributed by atoms with Gasteiger partial charge in [0.1, 0.15) is 6.54 Å². The molecule has 2 aromatic rings. The predicted octanol–water partition coefficient (Wildman–Crippen LogP) is 3.36. The summed E-state index contributed by atoms with van der Waals surface area (Å²) in [5, 5.41) is 3.77. The fraction of sp³-hybridized carbons (Fsp3) is 0.214. The number of amides is 1. The van der Waals surface area contributed by atoms with Crippen LogP contribution in [0.4, 0.5) is 5.69 Å². The highest BCUT2D eigenvalue weighted by Gasteiger charge is 2.13. The van der Waals surface area contributed by atoms with Gasteiger partial charge in [-0.3, -0.25) is 4.79 Å². The Kier molecular flexibility index (Phi) is 5.90. The molecule has 0 saturated carbocycles. The van der Waals surface area contributed by atoms with Crippen LogP contribution in [0.3, 0.4) is 0 Å². The Bertz CT molecular complexity index is 645. The number of hydrogen-bond acceptors (Lipinski definition) is 2. The van der Waals surface area contributed by atoms with Gasteiger partial charge < -0.3 is 10.2 Å². The maximum absolute atomic E-state index is 12.0. The van der Waals surface area contributed by atoms with Gasteiger partial charge in [0.25, 0.3) is 5.91 Å². The normalized spacial score (nSPS) is 12.2. The first kappa shape index (κ1) is 16.6. The summed E-state index contributed by atoms with van der Waals surface area (Å²) < 4.78 is 0.757. The first-order valence-electron chi connectivity index (χ1n) is 6.24. The van der Waals surface area contributed by atoms with Gasteiger partial charge in [-0.2, -0.15) is 0 Å². The molecule has 0 fully saturated rings. The number of rotatable bonds is 5. The third kappa shape index (κ3) is 5.16. The summed E-state index contributed by atoms with van der Waals surface area (Å²) in [7, 11) is 1.95. The van der Waals surface area contributed by atoms with Gasteiger partial charge in [0.15, 0.2) is 6.54 Å². The lowest BCUT2D eigenvalue weighted by Gasteiger charge is -2.13. The number of thiophene rings is 1. The van der Waals surface area contributed by atoms with Crippen molar-refractivity contribution < 1.29 is 9.69 Å². The van der Waals surface area contributed by atoms with Crippen molar-refractivity contribution in [2.75, 3.05) is 18.9 Å². The number of carbonyl (C=O) groups excluding carboxylic acids is 1. The highest BCUT2D eigenvalue weighted by molar-refractivity contribution is 7.16. The largest absolute Gasteiger partial charge is 0.325 e. The lowest BCUT2D eigenvalue weighted by molar-refractivity contribution is -0.884. The van der Waals surface area contributed by atoms with Crippen molar-refractivity contribution in [1.29, 1.82) is 0 Å². The molecule has 21 heavy (non-hydrogen) atoms. The van der Waals surface area contributed by atoms with Crippen LogP contribution in [0.15, 0.2) is 30.3 Å². The predicted molar refractivity (Wildman–Crippen MR) is 89.9 cm³/mol. The van der Waals surface area contributed by atoms with Crippen LogP contribution >= 0.6 is 46.1 Å². The van der Waals surface area contributed by atoms with Crippen LogP contribution in [0.2, 0.25) is 14.4 Å². The second kappa shape index (κ2) is 7.47. The van der Waals surface area contributed by atoms with E-state index in [1.807, 2.05) is 19.2 Å². The van der Waals surface area contributed by atoms with Gasteiger partial charge in [0.2, 0.25) is 0 Å². The quantitative estimate of drug-likeness (QED) is 0.838. The molecule has 1 atom stereocenters. The lowest BCUT2D eigenvalue weighted by Crippen LogP contribution is -3.08. The molecule has 1 amide bonds. The SMILES string of the molecule is C[NH+](CC(=O)Nc1cc(Cl)ccc1Cl)Cc1ccc(Cl)s1. The zero-order valence-electron chi connectivity index (χ0n) is 11.3. The van der Waals surface area contributed by atoms with Crippen molar-refractivity contribution in [2.45, 2.75) is 6.54 Å². The minimum Gasteiger partial charge on any atom is -0.325 e. The van der Waals surface area contributed by atoms with Crippen LogP contribution in [0.1, 0.15) is 4.88 Å². The lowest BCUT2D eigenvalue weighted by atomic mass is 10.3. The van der Waals surface area contributed by atoms with Gasteiger partial charge in [0, 0.05) is 5.02 Å². The fourth-order valence-corrected chi connectivity index (χ4v) is 3.41. The standard InChI is InChI=1S/C14H13Cl3N2OS/c1-19(7-10-3-5-13(17)21-10)8-14(20)18-12-6-9(15)2-4-11(12)16/h2-6H,7-8H2,1H3,(H,18,20)/p+1. The molecule has 0 aliphatic carbocycles. The van der Waals surface area contributed by atoms with E-state index in [0.717, 1.165) is 20.7 Å². The van der Waals surface area contributed by atoms with Gasteiger partial charge in [-0.15, -0.1) is 11.3 Å². The molecule has 0 saturated heterocycles. The number of likely N-dealkylation sites (N-methyl/N-ethyl adjacent to an activating group) is 1. The van der Waals surface area contributed by atoms with E-state index in [4.69, 9.17) is 34.8 Å². The van der Waals surface area contributed by atoms with E-state index >= 15 is 0 Å². The molecule has 0 aliphatic heterocycles. The Balaban J connectivity index is 1.90. The van der Waals surface area contributed by atoms with Crippen LogP contribution < -0.4 is 10.2 Å². The number of anilines is 1. The number of halogens is 3. The first-order valence-corrected chi connectivity index (χ1v) is 8.19. The molecule has 1 aromatic heterocycles. The zero-order chi connectivity index (χ0) is 15.4. The monoisotopic (exact) mass is 363 g/mol. The van der Waals surface area contributed by atoms with Crippen molar-refractivity contribution in [2.24, 2.45) is 0 Å². The average Bonchev–Trinajstić information content (AvgIpc) is 2.79. The third-order valence-electron chi connectivity index (χ3n) is 2.77. The molecule has 2 rings (SSSR count). The summed E-state index contributed by atoms with van der Waals surface area (Å²) in [6.45, 7) is 1.08. The molecular weight excluding hydrogens is 351 g/mol. The van der Waals surface area contributed by atoms with Crippen molar-refractivity contribution in [3.63, 3.8) is 0 Å². The summed E-state index contributed by atoms with van der Waals surface area (Å²) >= 11 is 19.3. The highest BCUT2D eigenvalue weighted by atomic mass is 35.5. The van der Waals surface area contributed by atoms with Crippen molar-refractivity contribution in [3.8, 4) is 0 Å². The number of hydrogen-bond donors (Lipinski definition) is 2. The minimum absolute atomic E-state index is 0.112. The number of quaternary nitrogens is 1. The molecule has 112 valence electrons. The van der Waals surface area contributed by atoms with Gasteiger partial charge >= 0.3 is 0 Å². The van der Waals surface area contributed by atoms with E-state index in [1.165, 1.54) is 11.3 Å². The third-order valence-corrected chi connectivity index (χ3v) is 4.57. The fourth-order valence-electron chi connectivity index (χ4n) is 1.87. The molecule has 3 nitrogen and oxygen atoms in total. The van der Waals surface area contributed by atoms with E-state index in [9.17, 15) is 4.79 Å². The summed E-state index contributed by atoms with van der Waals surface area (Å²) in [4.78, 5) is 14.2. The number of carbonyl (C=O) groups is 1. The number of nitrogens with one attached hydrogen (secondary N) is 2. The van der Waals surface area contributed by atoms with Gasteiger partial charge in [-0.1, -0.05) is 34.8 Å². The van der Waals surface area contributed by atoms with E-state index in [2.05, 4.69) is 5.32 Å². The molecule has 7 heteroatoms. The Morgan fingerprint density at radius 1 is 1.24 bits per heavy atom. The van der Waals surface area contributed by atoms with Crippen LogP contribution in [0.25, 0.3) is 0 Å². The molecule has 0 spiro atoms. The van der Waals surface area contributed by atoms with Crippen LogP contribution in [0.5, 0.6) is 0 Å². The Labute approximate surface area is 142 Å². The first-order chi connectivity index (χ1) is 9.94. The summed E-state index contributed by atoms with van der Waals surface area (Å²) in [5.41, 5.74) is 0.529. The minimum atomic E-state index is -0.112. The Morgan fingerprint density at radius 3 is 2.67 bits per heavy atom. The van der Waals surface area contributed by atoms with Gasteiger partial charge in [-0.05, 0) is 30.3 Å². The second-order valence-electron chi connectivity index (χ2n) is 4.69. The zero-order valence-corrected chi connectivity index (χ0v) is 14.3. The summed E-state index contributed by atoms with van der Waals surface area (Å²) in [6, 6.07) is 8.81. The van der Waals surface area contributed by atoms with Gasteiger partial charge in [-0.25, -0.2) is 0 Å². The molecule has 1 unspecified atom stereocenters. The maximum atomic E-state index is 12.0. The Hall–Kier alpha value is -0.780. The van der Waals surface area contributed by atoms with E-state index < -0.39 is 0 Å². The summed E-state index contributed by atoms with van der Waals surface area (Å²) in [6.07, 6.45) is 0. The molecule has 0 radical (unpaired) electrons. The van der Waals surface area contributed by atoms with Crippen molar-refractivity contribution in [1.82, 2.24) is 0 Å². The second-order valence-corrected chi connectivity index (χ2v) is 7.33.